The number of nitrogens with one attached hydrogen (secondary N) is 1. The molecule has 0 saturated carbocycles. The zero-order valence-corrected chi connectivity index (χ0v) is 18.3. The van der Waals surface area contributed by atoms with Crippen molar-refractivity contribution in [2.45, 2.75) is 33.3 Å². The number of amides is 1. The highest BCUT2D eigenvalue weighted by Crippen LogP contribution is 2.28. The van der Waals surface area contributed by atoms with Gasteiger partial charge in [-0.25, -0.2) is 4.98 Å². The van der Waals surface area contributed by atoms with Crippen LogP contribution in [0.4, 0.5) is 5.69 Å². The molecule has 1 amide bonds. The molecule has 3 rings (SSSR count). The number of benzene rings is 1. The third kappa shape index (κ3) is 5.63. The number of aromatic nitrogens is 2. The standard InChI is InChI=1S/C21H26N4O2.2ClH/c1-3-21(4-2,15-22)20(26)24-16-8-7-9-18(12-16)27-14-17-13-25-11-6-5-10-19(25)23-17;;/h5-13H,3-4,14-15,22H2,1-2H3,(H,24,26);2*1H. The van der Waals surface area contributed by atoms with Crippen LogP contribution in [-0.4, -0.2) is 21.8 Å². The monoisotopic (exact) mass is 438 g/mol. The van der Waals surface area contributed by atoms with E-state index in [1.54, 1.807) is 0 Å². The third-order valence-corrected chi connectivity index (χ3v) is 5.12. The van der Waals surface area contributed by atoms with Crippen LogP contribution in [0.2, 0.25) is 0 Å². The minimum atomic E-state index is -0.534. The number of imidazole rings is 1. The number of pyridine rings is 1. The van der Waals surface area contributed by atoms with E-state index in [2.05, 4.69) is 10.3 Å². The maximum atomic E-state index is 12.7. The number of carbonyl (C=O) groups excluding carboxylic acids is 1. The van der Waals surface area contributed by atoms with Crippen molar-refractivity contribution in [3.05, 3.63) is 60.6 Å². The summed E-state index contributed by atoms with van der Waals surface area (Å²) in [4.78, 5) is 17.2. The average Bonchev–Trinajstić information content (AvgIpc) is 3.11. The molecule has 3 N–H and O–H groups in total. The molecule has 0 atom stereocenters. The molecule has 158 valence electrons. The van der Waals surface area contributed by atoms with E-state index in [1.165, 1.54) is 0 Å². The maximum Gasteiger partial charge on any atom is 0.231 e. The lowest BCUT2D eigenvalue weighted by Crippen LogP contribution is -2.41. The number of hydrogen-bond donors (Lipinski definition) is 2. The van der Waals surface area contributed by atoms with Crippen molar-refractivity contribution >= 4 is 42.1 Å². The molecule has 8 heteroatoms. The Bertz CT molecular complexity index is 884. The van der Waals surface area contributed by atoms with Crippen molar-refractivity contribution in [3.8, 4) is 5.75 Å². The van der Waals surface area contributed by atoms with Gasteiger partial charge < -0.3 is 20.2 Å². The largest absolute Gasteiger partial charge is 0.487 e. The Balaban J connectivity index is 0.00000210. The van der Waals surface area contributed by atoms with E-state index in [9.17, 15) is 4.79 Å². The molecule has 2 aromatic heterocycles. The predicted octanol–water partition coefficient (Wildman–Crippen LogP) is 4.46. The van der Waals surface area contributed by atoms with Crippen LogP contribution in [-0.2, 0) is 11.4 Å². The van der Waals surface area contributed by atoms with E-state index in [0.717, 1.165) is 11.3 Å². The number of nitrogens with two attached hydrogens (primary N) is 1. The molecular formula is C21H28Cl2N4O2. The fourth-order valence-electron chi connectivity index (χ4n) is 3.09. The Hall–Kier alpha value is -2.28. The van der Waals surface area contributed by atoms with E-state index < -0.39 is 5.41 Å². The molecule has 6 nitrogen and oxygen atoms in total. The number of fused-ring (bicyclic) bond motifs is 1. The number of halogens is 2. The molecule has 0 aliphatic heterocycles. The van der Waals surface area contributed by atoms with Crippen LogP contribution in [0.5, 0.6) is 5.75 Å². The number of nitrogens with zero attached hydrogens (tertiary/aromatic N) is 2. The minimum absolute atomic E-state index is 0. The molecular weight excluding hydrogens is 411 g/mol. The molecule has 0 unspecified atom stereocenters. The van der Waals surface area contributed by atoms with Gasteiger partial charge in [0, 0.05) is 30.7 Å². The van der Waals surface area contributed by atoms with E-state index in [4.69, 9.17) is 10.5 Å². The van der Waals surface area contributed by atoms with Gasteiger partial charge in [0.05, 0.1) is 11.1 Å². The quantitative estimate of drug-likeness (QED) is 0.543. The summed E-state index contributed by atoms with van der Waals surface area (Å²) in [5.74, 6) is 0.628. The van der Waals surface area contributed by atoms with E-state index in [-0.39, 0.29) is 30.7 Å². The second kappa shape index (κ2) is 11.0. The molecule has 0 saturated heterocycles. The van der Waals surface area contributed by atoms with Crippen molar-refractivity contribution < 1.29 is 9.53 Å². The predicted molar refractivity (Wildman–Crippen MR) is 121 cm³/mol. The topological polar surface area (TPSA) is 81.7 Å². The fraction of sp³-hybridized carbons (Fsp3) is 0.333. The van der Waals surface area contributed by atoms with E-state index in [1.807, 2.05) is 73.1 Å². The highest BCUT2D eigenvalue weighted by Gasteiger charge is 2.33. The Morgan fingerprint density at radius 3 is 2.59 bits per heavy atom. The van der Waals surface area contributed by atoms with Gasteiger partial charge in [-0.05, 0) is 37.1 Å². The molecule has 0 bridgehead atoms. The van der Waals surface area contributed by atoms with Crippen molar-refractivity contribution in [3.63, 3.8) is 0 Å². The molecule has 0 aliphatic rings. The van der Waals surface area contributed by atoms with Gasteiger partial charge in [0.2, 0.25) is 5.91 Å². The summed E-state index contributed by atoms with van der Waals surface area (Å²) >= 11 is 0. The molecule has 3 aromatic rings. The number of ether oxygens (including phenoxy) is 1. The number of hydrogen-bond acceptors (Lipinski definition) is 4. The van der Waals surface area contributed by atoms with Gasteiger partial charge in [-0.3, -0.25) is 4.79 Å². The van der Waals surface area contributed by atoms with Crippen molar-refractivity contribution in [1.82, 2.24) is 9.38 Å². The Morgan fingerprint density at radius 2 is 1.93 bits per heavy atom. The summed E-state index contributed by atoms with van der Waals surface area (Å²) in [7, 11) is 0. The van der Waals surface area contributed by atoms with E-state index in [0.29, 0.717) is 37.4 Å². The molecule has 1 aromatic carbocycles. The maximum absolute atomic E-state index is 12.7. The second-order valence-corrected chi connectivity index (χ2v) is 6.66. The third-order valence-electron chi connectivity index (χ3n) is 5.12. The molecule has 29 heavy (non-hydrogen) atoms. The van der Waals surface area contributed by atoms with Crippen LogP contribution in [0.1, 0.15) is 32.4 Å². The SMILES string of the molecule is CCC(CC)(CN)C(=O)Nc1cccc(OCc2cn3ccccc3n2)c1.Cl.Cl. The number of anilines is 1. The van der Waals surface area contributed by atoms with Gasteiger partial charge in [-0.15, -0.1) is 24.8 Å². The zero-order chi connectivity index (χ0) is 19.3. The van der Waals surface area contributed by atoms with Crippen LogP contribution in [0.25, 0.3) is 5.65 Å². The Morgan fingerprint density at radius 1 is 1.17 bits per heavy atom. The molecule has 2 heterocycles. The number of carbonyl (C=O) groups is 1. The first-order valence-corrected chi connectivity index (χ1v) is 9.27. The first-order valence-electron chi connectivity index (χ1n) is 9.27. The van der Waals surface area contributed by atoms with Crippen LogP contribution in [0.3, 0.4) is 0 Å². The fourth-order valence-corrected chi connectivity index (χ4v) is 3.09. The van der Waals surface area contributed by atoms with E-state index >= 15 is 0 Å². The summed E-state index contributed by atoms with van der Waals surface area (Å²) in [5.41, 5.74) is 7.76. The normalized spacial score (nSPS) is 10.7. The van der Waals surface area contributed by atoms with Crippen LogP contribution < -0.4 is 15.8 Å². The van der Waals surface area contributed by atoms with Crippen molar-refractivity contribution in [2.24, 2.45) is 11.1 Å². The first-order chi connectivity index (χ1) is 13.1. The van der Waals surface area contributed by atoms with Crippen LogP contribution >= 0.6 is 24.8 Å². The number of rotatable bonds is 8. The van der Waals surface area contributed by atoms with Crippen molar-refractivity contribution in [1.29, 1.82) is 0 Å². The van der Waals surface area contributed by atoms with Gasteiger partial charge in [0.15, 0.2) is 0 Å². The average molecular weight is 439 g/mol. The molecule has 0 fully saturated rings. The minimum Gasteiger partial charge on any atom is -0.487 e. The Labute approximate surface area is 183 Å². The highest BCUT2D eigenvalue weighted by molar-refractivity contribution is 5.95. The second-order valence-electron chi connectivity index (χ2n) is 6.66. The molecule has 0 aliphatic carbocycles. The van der Waals surface area contributed by atoms with Crippen molar-refractivity contribution in [2.75, 3.05) is 11.9 Å². The summed E-state index contributed by atoms with van der Waals surface area (Å²) < 4.78 is 7.81. The van der Waals surface area contributed by atoms with Gasteiger partial charge in [-0.2, -0.15) is 0 Å². The summed E-state index contributed by atoms with van der Waals surface area (Å²) in [5, 5.41) is 2.98. The van der Waals surface area contributed by atoms with Crippen LogP contribution in [0, 0.1) is 5.41 Å². The lowest BCUT2D eigenvalue weighted by Gasteiger charge is -2.28. The lowest BCUT2D eigenvalue weighted by molar-refractivity contribution is -0.125. The van der Waals surface area contributed by atoms with Gasteiger partial charge in [-0.1, -0.05) is 26.0 Å². The van der Waals surface area contributed by atoms with Gasteiger partial charge >= 0.3 is 0 Å². The van der Waals surface area contributed by atoms with Gasteiger partial charge in [0.1, 0.15) is 18.0 Å². The lowest BCUT2D eigenvalue weighted by atomic mass is 9.81. The summed E-state index contributed by atoms with van der Waals surface area (Å²) in [6.45, 7) is 4.67. The first kappa shape index (κ1) is 24.8. The van der Waals surface area contributed by atoms with Gasteiger partial charge in [0.25, 0.3) is 0 Å². The summed E-state index contributed by atoms with van der Waals surface area (Å²) in [6, 6.07) is 13.2. The molecule has 0 radical (unpaired) electrons. The van der Waals surface area contributed by atoms with Crippen LogP contribution in [0.15, 0.2) is 54.9 Å². The summed E-state index contributed by atoms with van der Waals surface area (Å²) in [6.07, 6.45) is 5.30. The highest BCUT2D eigenvalue weighted by atomic mass is 35.5. The smallest absolute Gasteiger partial charge is 0.231 e. The Kier molecular flexibility index (Phi) is 9.43. The zero-order valence-electron chi connectivity index (χ0n) is 16.6. The molecule has 0 spiro atoms.